The number of rotatable bonds is 3. The van der Waals surface area contributed by atoms with Gasteiger partial charge in [-0.25, -0.2) is 9.97 Å². The molecule has 1 N–H and O–H groups in total. The van der Waals surface area contributed by atoms with Crippen LogP contribution in [0, 0.1) is 13.8 Å². The standard InChI is InChI=1S/C14H15F2N3/c1-9-4-5-11(8-10(9)2)18-13-17-7-6-12(19-13)14(3,15)16/h4-8H,1-3H3,(H,17,18,19). The third-order valence-corrected chi connectivity index (χ3v) is 2.87. The molecule has 2 rings (SSSR count). The normalized spacial score (nSPS) is 11.4. The minimum Gasteiger partial charge on any atom is -0.324 e. The highest BCUT2D eigenvalue weighted by molar-refractivity contribution is 5.55. The molecule has 5 heteroatoms. The summed E-state index contributed by atoms with van der Waals surface area (Å²) < 4.78 is 26.3. The number of anilines is 2. The second-order valence-corrected chi connectivity index (χ2v) is 4.58. The van der Waals surface area contributed by atoms with E-state index >= 15 is 0 Å². The van der Waals surface area contributed by atoms with Crippen molar-refractivity contribution >= 4 is 11.6 Å². The van der Waals surface area contributed by atoms with Gasteiger partial charge < -0.3 is 5.32 Å². The maximum Gasteiger partial charge on any atom is 0.287 e. The van der Waals surface area contributed by atoms with Crippen molar-refractivity contribution in [2.45, 2.75) is 26.7 Å². The smallest absolute Gasteiger partial charge is 0.287 e. The Labute approximate surface area is 110 Å². The van der Waals surface area contributed by atoms with E-state index in [1.54, 1.807) is 0 Å². The average molecular weight is 263 g/mol. The number of nitrogens with one attached hydrogen (secondary N) is 1. The Morgan fingerprint density at radius 2 is 1.84 bits per heavy atom. The highest BCUT2D eigenvalue weighted by Crippen LogP contribution is 2.26. The number of hydrogen-bond acceptors (Lipinski definition) is 3. The van der Waals surface area contributed by atoms with Gasteiger partial charge in [0, 0.05) is 18.8 Å². The van der Waals surface area contributed by atoms with Crippen LogP contribution in [-0.2, 0) is 5.92 Å². The van der Waals surface area contributed by atoms with Gasteiger partial charge in [0.1, 0.15) is 5.69 Å². The predicted molar refractivity (Wildman–Crippen MR) is 70.8 cm³/mol. The van der Waals surface area contributed by atoms with Gasteiger partial charge >= 0.3 is 0 Å². The van der Waals surface area contributed by atoms with Gasteiger partial charge in [0.15, 0.2) is 0 Å². The number of aromatic nitrogens is 2. The first kappa shape index (κ1) is 13.4. The van der Waals surface area contributed by atoms with E-state index in [0.717, 1.165) is 18.2 Å². The molecule has 0 spiro atoms. The molecule has 0 aliphatic heterocycles. The molecule has 0 saturated carbocycles. The molecular formula is C14H15F2N3. The summed E-state index contributed by atoms with van der Waals surface area (Å²) in [4.78, 5) is 7.76. The third kappa shape index (κ3) is 3.24. The molecule has 0 radical (unpaired) electrons. The molecule has 19 heavy (non-hydrogen) atoms. The van der Waals surface area contributed by atoms with E-state index in [9.17, 15) is 8.78 Å². The van der Waals surface area contributed by atoms with Gasteiger partial charge in [0.2, 0.25) is 5.95 Å². The first-order valence-corrected chi connectivity index (χ1v) is 5.92. The molecule has 0 bridgehead atoms. The lowest BCUT2D eigenvalue weighted by atomic mass is 10.1. The summed E-state index contributed by atoms with van der Waals surface area (Å²) in [5.41, 5.74) is 2.76. The van der Waals surface area contributed by atoms with Crippen LogP contribution in [-0.4, -0.2) is 9.97 Å². The van der Waals surface area contributed by atoms with Gasteiger partial charge in [-0.1, -0.05) is 6.07 Å². The zero-order valence-corrected chi connectivity index (χ0v) is 11.0. The van der Waals surface area contributed by atoms with Crippen molar-refractivity contribution in [3.05, 3.63) is 47.3 Å². The first-order valence-electron chi connectivity index (χ1n) is 5.92. The number of halogens is 2. The topological polar surface area (TPSA) is 37.8 Å². The van der Waals surface area contributed by atoms with Crippen LogP contribution in [0.2, 0.25) is 0 Å². The molecule has 0 saturated heterocycles. The third-order valence-electron chi connectivity index (χ3n) is 2.87. The Kier molecular flexibility index (Phi) is 3.46. The molecule has 0 fully saturated rings. The molecular weight excluding hydrogens is 248 g/mol. The summed E-state index contributed by atoms with van der Waals surface area (Å²) in [6, 6.07) is 6.96. The monoisotopic (exact) mass is 263 g/mol. The lowest BCUT2D eigenvalue weighted by Crippen LogP contribution is -2.11. The summed E-state index contributed by atoms with van der Waals surface area (Å²) in [5.74, 6) is -2.80. The fourth-order valence-corrected chi connectivity index (χ4v) is 1.61. The number of benzene rings is 1. The summed E-state index contributed by atoms with van der Waals surface area (Å²) >= 11 is 0. The van der Waals surface area contributed by atoms with Gasteiger partial charge in [0.25, 0.3) is 5.92 Å². The lowest BCUT2D eigenvalue weighted by Gasteiger charge is -2.11. The lowest BCUT2D eigenvalue weighted by molar-refractivity contribution is 0.0128. The Morgan fingerprint density at radius 3 is 2.47 bits per heavy atom. The predicted octanol–water partition coefficient (Wildman–Crippen LogP) is 3.95. The molecule has 0 unspecified atom stereocenters. The fraction of sp³-hybridized carbons (Fsp3) is 0.286. The van der Waals surface area contributed by atoms with Gasteiger partial charge in [-0.3, -0.25) is 0 Å². The molecule has 2 aromatic rings. The maximum absolute atomic E-state index is 13.2. The van der Waals surface area contributed by atoms with Gasteiger partial charge in [-0.15, -0.1) is 0 Å². The van der Waals surface area contributed by atoms with Crippen molar-refractivity contribution in [2.75, 3.05) is 5.32 Å². The molecule has 1 heterocycles. The summed E-state index contributed by atoms with van der Waals surface area (Å²) in [7, 11) is 0. The van der Waals surface area contributed by atoms with Crippen molar-refractivity contribution in [3.8, 4) is 0 Å². The van der Waals surface area contributed by atoms with Crippen molar-refractivity contribution in [2.24, 2.45) is 0 Å². The first-order chi connectivity index (χ1) is 8.86. The Bertz CT molecular complexity index is 591. The number of hydrogen-bond donors (Lipinski definition) is 1. The molecule has 0 amide bonds. The quantitative estimate of drug-likeness (QED) is 0.911. The summed E-state index contributed by atoms with van der Waals surface area (Å²) in [5, 5.41) is 2.93. The van der Waals surface area contributed by atoms with E-state index in [2.05, 4.69) is 15.3 Å². The minimum absolute atomic E-state index is 0.169. The van der Waals surface area contributed by atoms with Crippen LogP contribution in [0.1, 0.15) is 23.7 Å². The van der Waals surface area contributed by atoms with Crippen molar-refractivity contribution in [3.63, 3.8) is 0 Å². The van der Waals surface area contributed by atoms with Crippen molar-refractivity contribution < 1.29 is 8.78 Å². The fourth-order valence-electron chi connectivity index (χ4n) is 1.61. The number of nitrogens with zero attached hydrogens (tertiary/aromatic N) is 2. The Balaban J connectivity index is 2.26. The zero-order chi connectivity index (χ0) is 14.0. The van der Waals surface area contributed by atoms with E-state index in [1.807, 2.05) is 32.0 Å². The van der Waals surface area contributed by atoms with Crippen molar-refractivity contribution in [1.82, 2.24) is 9.97 Å². The highest BCUT2D eigenvalue weighted by atomic mass is 19.3. The highest BCUT2D eigenvalue weighted by Gasteiger charge is 2.26. The van der Waals surface area contributed by atoms with Crippen LogP contribution in [0.4, 0.5) is 20.4 Å². The van der Waals surface area contributed by atoms with Crippen LogP contribution in [0.15, 0.2) is 30.5 Å². The molecule has 3 nitrogen and oxygen atoms in total. The van der Waals surface area contributed by atoms with E-state index in [0.29, 0.717) is 0 Å². The summed E-state index contributed by atoms with van der Waals surface area (Å²) in [6.45, 7) is 4.81. The zero-order valence-electron chi connectivity index (χ0n) is 11.0. The average Bonchev–Trinajstić information content (AvgIpc) is 2.33. The van der Waals surface area contributed by atoms with Crippen LogP contribution in [0.3, 0.4) is 0 Å². The minimum atomic E-state index is -2.97. The van der Waals surface area contributed by atoms with E-state index in [4.69, 9.17) is 0 Å². The van der Waals surface area contributed by atoms with Crippen LogP contribution < -0.4 is 5.32 Å². The van der Waals surface area contributed by atoms with E-state index < -0.39 is 5.92 Å². The van der Waals surface area contributed by atoms with Gasteiger partial charge in [0.05, 0.1) is 0 Å². The van der Waals surface area contributed by atoms with E-state index in [-0.39, 0.29) is 11.6 Å². The van der Waals surface area contributed by atoms with Crippen LogP contribution in [0.5, 0.6) is 0 Å². The molecule has 1 aromatic carbocycles. The Hall–Kier alpha value is -2.04. The van der Waals surface area contributed by atoms with Gasteiger partial charge in [-0.2, -0.15) is 8.78 Å². The maximum atomic E-state index is 13.2. The van der Waals surface area contributed by atoms with Crippen LogP contribution >= 0.6 is 0 Å². The number of alkyl halides is 2. The molecule has 0 atom stereocenters. The second kappa shape index (κ2) is 4.91. The second-order valence-electron chi connectivity index (χ2n) is 4.58. The summed E-state index contributed by atoms with van der Waals surface area (Å²) in [6.07, 6.45) is 1.32. The van der Waals surface area contributed by atoms with Crippen LogP contribution in [0.25, 0.3) is 0 Å². The van der Waals surface area contributed by atoms with Crippen molar-refractivity contribution in [1.29, 1.82) is 0 Å². The molecule has 0 aliphatic carbocycles. The Morgan fingerprint density at radius 1 is 1.11 bits per heavy atom. The van der Waals surface area contributed by atoms with Gasteiger partial charge in [-0.05, 0) is 43.2 Å². The molecule has 100 valence electrons. The largest absolute Gasteiger partial charge is 0.324 e. The van der Waals surface area contributed by atoms with E-state index in [1.165, 1.54) is 17.8 Å². The molecule has 0 aliphatic rings. The SMILES string of the molecule is Cc1ccc(Nc2nccc(C(C)(F)F)n2)cc1C. The number of aryl methyl sites for hydroxylation is 2. The molecule has 1 aromatic heterocycles.